The Morgan fingerprint density at radius 1 is 1.44 bits per heavy atom. The third-order valence-electron chi connectivity index (χ3n) is 3.92. The Morgan fingerprint density at radius 2 is 2.33 bits per heavy atom. The van der Waals surface area contributed by atoms with E-state index in [1.165, 1.54) is 25.0 Å². The van der Waals surface area contributed by atoms with Crippen molar-refractivity contribution in [3.8, 4) is 0 Å². The quantitative estimate of drug-likeness (QED) is 0.840. The van der Waals surface area contributed by atoms with Crippen LogP contribution in [-0.2, 0) is 6.54 Å². The van der Waals surface area contributed by atoms with Gasteiger partial charge in [-0.2, -0.15) is 0 Å². The zero-order valence-electron chi connectivity index (χ0n) is 10.8. The number of hydrogen-bond donors (Lipinski definition) is 1. The van der Waals surface area contributed by atoms with Gasteiger partial charge in [-0.05, 0) is 43.6 Å². The molecule has 1 aliphatic heterocycles. The van der Waals surface area contributed by atoms with Crippen LogP contribution in [0.15, 0.2) is 24.5 Å². The van der Waals surface area contributed by atoms with Crippen molar-refractivity contribution in [2.45, 2.75) is 19.9 Å². The largest absolute Gasteiger partial charge is 0.399 e. The lowest BCUT2D eigenvalue weighted by atomic mass is 10.1. The van der Waals surface area contributed by atoms with Crippen LogP contribution in [0.25, 0.3) is 11.0 Å². The van der Waals surface area contributed by atoms with E-state index in [-0.39, 0.29) is 0 Å². The Morgan fingerprint density at radius 3 is 3.11 bits per heavy atom. The number of nitrogens with two attached hydrogens (primary N) is 1. The van der Waals surface area contributed by atoms with E-state index in [1.807, 2.05) is 18.5 Å². The van der Waals surface area contributed by atoms with Gasteiger partial charge in [0.25, 0.3) is 0 Å². The predicted molar refractivity (Wildman–Crippen MR) is 74.4 cm³/mol. The third-order valence-corrected chi connectivity index (χ3v) is 3.92. The number of likely N-dealkylation sites (tertiary alicyclic amines) is 1. The number of anilines is 1. The van der Waals surface area contributed by atoms with E-state index in [2.05, 4.69) is 27.4 Å². The molecular weight excluding hydrogens is 224 g/mol. The first-order valence-electron chi connectivity index (χ1n) is 6.69. The number of aromatic nitrogens is 2. The van der Waals surface area contributed by atoms with Gasteiger partial charge in [0.15, 0.2) is 0 Å². The summed E-state index contributed by atoms with van der Waals surface area (Å²) in [7, 11) is 0. The minimum atomic E-state index is 0.750. The summed E-state index contributed by atoms with van der Waals surface area (Å²) >= 11 is 0. The molecule has 18 heavy (non-hydrogen) atoms. The van der Waals surface area contributed by atoms with Crippen LogP contribution in [0.2, 0.25) is 0 Å². The Balaban J connectivity index is 1.79. The monoisotopic (exact) mass is 244 g/mol. The summed E-state index contributed by atoms with van der Waals surface area (Å²) in [5.74, 6) is 0.750. The zero-order valence-corrected chi connectivity index (χ0v) is 10.8. The lowest BCUT2D eigenvalue weighted by molar-refractivity contribution is 0.333. The van der Waals surface area contributed by atoms with Crippen molar-refractivity contribution in [1.82, 2.24) is 14.5 Å². The van der Waals surface area contributed by atoms with Crippen molar-refractivity contribution in [3.05, 3.63) is 24.5 Å². The number of hydrogen-bond acceptors (Lipinski definition) is 3. The lowest BCUT2D eigenvalue weighted by Gasteiger charge is -2.14. The Labute approximate surface area is 107 Å². The van der Waals surface area contributed by atoms with Crippen LogP contribution < -0.4 is 5.73 Å². The molecule has 3 rings (SSSR count). The second-order valence-electron chi connectivity index (χ2n) is 5.19. The van der Waals surface area contributed by atoms with Gasteiger partial charge in [-0.15, -0.1) is 0 Å². The van der Waals surface area contributed by atoms with Crippen LogP contribution in [0, 0.1) is 5.92 Å². The summed E-state index contributed by atoms with van der Waals surface area (Å²) in [4.78, 5) is 6.95. The molecule has 0 saturated carbocycles. The van der Waals surface area contributed by atoms with E-state index in [0.29, 0.717) is 0 Å². The normalized spacial score (nSPS) is 20.8. The molecule has 4 heteroatoms. The summed E-state index contributed by atoms with van der Waals surface area (Å²) in [6.07, 6.45) is 3.24. The zero-order chi connectivity index (χ0) is 12.5. The topological polar surface area (TPSA) is 47.1 Å². The smallest absolute Gasteiger partial charge is 0.0958 e. The molecule has 2 heterocycles. The van der Waals surface area contributed by atoms with Crippen molar-refractivity contribution >= 4 is 16.7 Å². The summed E-state index contributed by atoms with van der Waals surface area (Å²) in [5, 5.41) is 0. The van der Waals surface area contributed by atoms with E-state index >= 15 is 0 Å². The first-order chi connectivity index (χ1) is 8.76. The minimum Gasteiger partial charge on any atom is -0.399 e. The maximum Gasteiger partial charge on any atom is 0.0958 e. The van der Waals surface area contributed by atoms with Gasteiger partial charge in [0, 0.05) is 18.8 Å². The fourth-order valence-electron chi connectivity index (χ4n) is 2.85. The van der Waals surface area contributed by atoms with Crippen LogP contribution in [0.5, 0.6) is 0 Å². The van der Waals surface area contributed by atoms with E-state index in [0.717, 1.165) is 30.2 Å². The average Bonchev–Trinajstić information content (AvgIpc) is 2.97. The van der Waals surface area contributed by atoms with Crippen molar-refractivity contribution in [2.75, 3.05) is 25.4 Å². The lowest BCUT2D eigenvalue weighted by Crippen LogP contribution is -2.21. The Hall–Kier alpha value is -1.55. The highest BCUT2D eigenvalue weighted by Crippen LogP contribution is 2.21. The number of rotatable bonds is 3. The summed E-state index contributed by atoms with van der Waals surface area (Å²) < 4.78 is 2.26. The molecule has 1 fully saturated rings. The standard InChI is InChI=1S/C14H20N4/c1-2-17-6-5-11(8-17)9-18-10-16-13-7-12(15)3-4-14(13)18/h3-4,7,10-11H,2,5-6,8-9,15H2,1H3. The third kappa shape index (κ3) is 2.08. The van der Waals surface area contributed by atoms with Gasteiger partial charge in [-0.25, -0.2) is 4.98 Å². The van der Waals surface area contributed by atoms with E-state index < -0.39 is 0 Å². The van der Waals surface area contributed by atoms with Gasteiger partial charge in [-0.1, -0.05) is 6.92 Å². The second kappa shape index (κ2) is 4.61. The van der Waals surface area contributed by atoms with Crippen molar-refractivity contribution in [2.24, 2.45) is 5.92 Å². The fraction of sp³-hybridized carbons (Fsp3) is 0.500. The number of nitrogen functional groups attached to an aromatic ring is 1. The van der Waals surface area contributed by atoms with Crippen LogP contribution >= 0.6 is 0 Å². The Bertz CT molecular complexity index is 546. The SMILES string of the molecule is CCN1CCC(Cn2cnc3cc(N)ccc32)C1. The summed E-state index contributed by atoms with van der Waals surface area (Å²) in [6, 6.07) is 5.97. The molecule has 0 amide bonds. The Kier molecular flexibility index (Phi) is 2.96. The minimum absolute atomic E-state index is 0.750. The van der Waals surface area contributed by atoms with E-state index in [9.17, 15) is 0 Å². The van der Waals surface area contributed by atoms with Crippen LogP contribution in [0.3, 0.4) is 0 Å². The molecule has 2 N–H and O–H groups in total. The van der Waals surface area contributed by atoms with Crippen LogP contribution in [0.4, 0.5) is 5.69 Å². The predicted octanol–water partition coefficient (Wildman–Crippen LogP) is 1.96. The van der Waals surface area contributed by atoms with Gasteiger partial charge >= 0.3 is 0 Å². The molecule has 0 aliphatic carbocycles. The second-order valence-corrected chi connectivity index (χ2v) is 5.19. The van der Waals surface area contributed by atoms with E-state index in [4.69, 9.17) is 5.73 Å². The van der Waals surface area contributed by atoms with Crippen molar-refractivity contribution in [3.63, 3.8) is 0 Å². The van der Waals surface area contributed by atoms with Crippen LogP contribution in [-0.4, -0.2) is 34.1 Å². The van der Waals surface area contributed by atoms with Crippen molar-refractivity contribution in [1.29, 1.82) is 0 Å². The molecule has 1 aromatic carbocycles. The van der Waals surface area contributed by atoms with Gasteiger partial charge in [-0.3, -0.25) is 0 Å². The molecule has 96 valence electrons. The average molecular weight is 244 g/mol. The molecular formula is C14H20N4. The summed E-state index contributed by atoms with van der Waals surface area (Å²) in [5.41, 5.74) is 8.75. The highest BCUT2D eigenvalue weighted by Gasteiger charge is 2.21. The maximum absolute atomic E-state index is 5.78. The number of nitrogens with zero attached hydrogens (tertiary/aromatic N) is 3. The van der Waals surface area contributed by atoms with Gasteiger partial charge in [0.1, 0.15) is 0 Å². The molecule has 1 aliphatic rings. The highest BCUT2D eigenvalue weighted by molar-refractivity contribution is 5.78. The molecule has 2 aromatic rings. The number of fused-ring (bicyclic) bond motifs is 1. The first kappa shape index (κ1) is 11.5. The molecule has 0 bridgehead atoms. The van der Waals surface area contributed by atoms with E-state index in [1.54, 1.807) is 0 Å². The number of imidazole rings is 1. The first-order valence-corrected chi connectivity index (χ1v) is 6.69. The van der Waals surface area contributed by atoms with Crippen molar-refractivity contribution < 1.29 is 0 Å². The van der Waals surface area contributed by atoms with Gasteiger partial charge < -0.3 is 15.2 Å². The maximum atomic E-state index is 5.78. The molecule has 1 aromatic heterocycles. The summed E-state index contributed by atoms with van der Waals surface area (Å²) in [6.45, 7) is 6.91. The van der Waals surface area contributed by atoms with Gasteiger partial charge in [0.2, 0.25) is 0 Å². The van der Waals surface area contributed by atoms with Gasteiger partial charge in [0.05, 0.1) is 17.4 Å². The molecule has 0 spiro atoms. The number of benzene rings is 1. The van der Waals surface area contributed by atoms with Crippen LogP contribution in [0.1, 0.15) is 13.3 Å². The molecule has 4 nitrogen and oxygen atoms in total. The molecule has 0 radical (unpaired) electrons. The molecule has 1 atom stereocenters. The molecule has 1 unspecified atom stereocenters. The molecule has 1 saturated heterocycles. The fourth-order valence-corrected chi connectivity index (χ4v) is 2.85. The highest BCUT2D eigenvalue weighted by atomic mass is 15.2.